The van der Waals surface area contributed by atoms with Crippen LogP contribution >= 0.6 is 0 Å². The van der Waals surface area contributed by atoms with Crippen molar-refractivity contribution in [1.29, 1.82) is 0 Å². The molecular formula is C8H15N5O. The number of hydrogen-bond acceptors (Lipinski definition) is 4. The SMILES string of the molecule is CCNC(=O)CNCCn1ccnn1. The number of hydrogen-bond donors (Lipinski definition) is 2. The summed E-state index contributed by atoms with van der Waals surface area (Å²) in [6, 6.07) is 0. The van der Waals surface area contributed by atoms with Crippen LogP contribution < -0.4 is 10.6 Å². The molecule has 0 fully saturated rings. The summed E-state index contributed by atoms with van der Waals surface area (Å²) in [4.78, 5) is 11.0. The summed E-state index contributed by atoms with van der Waals surface area (Å²) < 4.78 is 1.71. The Kier molecular flexibility index (Phi) is 4.63. The largest absolute Gasteiger partial charge is 0.355 e. The average Bonchev–Trinajstić information content (AvgIpc) is 2.65. The van der Waals surface area contributed by atoms with Gasteiger partial charge >= 0.3 is 0 Å². The van der Waals surface area contributed by atoms with Gasteiger partial charge < -0.3 is 10.6 Å². The maximum atomic E-state index is 11.0. The summed E-state index contributed by atoms with van der Waals surface area (Å²) in [6.45, 7) is 4.35. The van der Waals surface area contributed by atoms with Gasteiger partial charge in [-0.25, -0.2) is 0 Å². The van der Waals surface area contributed by atoms with Crippen LogP contribution in [0.1, 0.15) is 6.92 Å². The Balaban J connectivity index is 2.02. The molecule has 6 nitrogen and oxygen atoms in total. The molecule has 1 amide bonds. The lowest BCUT2D eigenvalue weighted by Gasteiger charge is -2.04. The van der Waals surface area contributed by atoms with E-state index in [4.69, 9.17) is 0 Å². The van der Waals surface area contributed by atoms with Gasteiger partial charge in [-0.3, -0.25) is 9.48 Å². The molecule has 1 rings (SSSR count). The van der Waals surface area contributed by atoms with E-state index in [0.29, 0.717) is 19.6 Å². The van der Waals surface area contributed by atoms with E-state index in [0.717, 1.165) is 6.54 Å². The highest BCUT2D eigenvalue weighted by atomic mass is 16.1. The molecule has 14 heavy (non-hydrogen) atoms. The zero-order chi connectivity index (χ0) is 10.2. The third kappa shape index (κ3) is 3.99. The number of carbonyl (C=O) groups excluding carboxylic acids is 1. The van der Waals surface area contributed by atoms with E-state index in [9.17, 15) is 4.79 Å². The van der Waals surface area contributed by atoms with Crippen molar-refractivity contribution in [2.45, 2.75) is 13.5 Å². The fourth-order valence-electron chi connectivity index (χ4n) is 1.01. The van der Waals surface area contributed by atoms with E-state index in [1.807, 2.05) is 6.92 Å². The Bertz CT molecular complexity index is 259. The first-order valence-corrected chi connectivity index (χ1v) is 4.64. The third-order valence-electron chi connectivity index (χ3n) is 1.65. The molecule has 0 radical (unpaired) electrons. The topological polar surface area (TPSA) is 71.8 Å². The Hall–Kier alpha value is -1.43. The highest BCUT2D eigenvalue weighted by Gasteiger charge is 1.97. The fourth-order valence-corrected chi connectivity index (χ4v) is 1.01. The van der Waals surface area contributed by atoms with Crippen molar-refractivity contribution in [2.24, 2.45) is 0 Å². The molecule has 78 valence electrons. The minimum atomic E-state index is 0.0195. The highest BCUT2D eigenvalue weighted by molar-refractivity contribution is 5.77. The molecule has 6 heteroatoms. The lowest BCUT2D eigenvalue weighted by atomic mass is 10.5. The van der Waals surface area contributed by atoms with Crippen molar-refractivity contribution in [2.75, 3.05) is 19.6 Å². The summed E-state index contributed by atoms with van der Waals surface area (Å²) in [7, 11) is 0. The molecule has 2 N–H and O–H groups in total. The Labute approximate surface area is 82.7 Å². The van der Waals surface area contributed by atoms with E-state index in [1.165, 1.54) is 0 Å². The second-order valence-electron chi connectivity index (χ2n) is 2.80. The Morgan fingerprint density at radius 1 is 1.57 bits per heavy atom. The predicted molar refractivity (Wildman–Crippen MR) is 51.6 cm³/mol. The number of amides is 1. The Morgan fingerprint density at radius 3 is 3.07 bits per heavy atom. The molecule has 0 aromatic carbocycles. The quantitative estimate of drug-likeness (QED) is 0.574. The maximum Gasteiger partial charge on any atom is 0.233 e. The van der Waals surface area contributed by atoms with Gasteiger partial charge in [-0.15, -0.1) is 5.10 Å². The first-order chi connectivity index (χ1) is 6.83. The predicted octanol–water partition coefficient (Wildman–Crippen LogP) is -0.996. The van der Waals surface area contributed by atoms with Gasteiger partial charge in [0, 0.05) is 19.3 Å². The van der Waals surface area contributed by atoms with Crippen LogP contribution in [0.25, 0.3) is 0 Å². The molecule has 0 saturated heterocycles. The minimum Gasteiger partial charge on any atom is -0.355 e. The molecule has 0 atom stereocenters. The number of likely N-dealkylation sites (N-methyl/N-ethyl adjacent to an activating group) is 1. The van der Waals surface area contributed by atoms with Crippen molar-refractivity contribution >= 4 is 5.91 Å². The van der Waals surface area contributed by atoms with Crippen molar-refractivity contribution < 1.29 is 4.79 Å². The van der Waals surface area contributed by atoms with E-state index >= 15 is 0 Å². The summed E-state index contributed by atoms with van der Waals surface area (Å²) >= 11 is 0. The first kappa shape index (κ1) is 10.6. The van der Waals surface area contributed by atoms with E-state index in [-0.39, 0.29) is 5.91 Å². The second kappa shape index (κ2) is 6.09. The summed E-state index contributed by atoms with van der Waals surface area (Å²) in [5.74, 6) is 0.0195. The van der Waals surface area contributed by atoms with Gasteiger partial charge in [0.05, 0.1) is 19.3 Å². The van der Waals surface area contributed by atoms with E-state index < -0.39 is 0 Å². The number of rotatable bonds is 6. The summed E-state index contributed by atoms with van der Waals surface area (Å²) in [5, 5.41) is 13.2. The first-order valence-electron chi connectivity index (χ1n) is 4.64. The smallest absolute Gasteiger partial charge is 0.233 e. The molecule has 0 unspecified atom stereocenters. The van der Waals surface area contributed by atoms with Gasteiger partial charge in [-0.05, 0) is 6.92 Å². The molecule has 0 bridgehead atoms. The lowest BCUT2D eigenvalue weighted by Crippen LogP contribution is -2.35. The number of nitrogens with zero attached hydrogens (tertiary/aromatic N) is 3. The molecule has 1 heterocycles. The van der Waals surface area contributed by atoms with Crippen LogP contribution in [-0.2, 0) is 11.3 Å². The lowest BCUT2D eigenvalue weighted by molar-refractivity contribution is -0.120. The molecular weight excluding hydrogens is 182 g/mol. The van der Waals surface area contributed by atoms with Crippen LogP contribution in [0.3, 0.4) is 0 Å². The molecule has 1 aromatic heterocycles. The molecule has 0 aliphatic carbocycles. The van der Waals surface area contributed by atoms with Crippen LogP contribution in [-0.4, -0.2) is 40.5 Å². The normalized spacial score (nSPS) is 10.1. The summed E-state index contributed by atoms with van der Waals surface area (Å²) in [6.07, 6.45) is 3.41. The summed E-state index contributed by atoms with van der Waals surface area (Å²) in [5.41, 5.74) is 0. The molecule has 0 spiro atoms. The van der Waals surface area contributed by atoms with Crippen LogP contribution in [0.5, 0.6) is 0 Å². The van der Waals surface area contributed by atoms with Gasteiger partial charge in [-0.2, -0.15) is 0 Å². The van der Waals surface area contributed by atoms with Gasteiger partial charge in [0.1, 0.15) is 0 Å². The van der Waals surface area contributed by atoms with E-state index in [1.54, 1.807) is 17.1 Å². The van der Waals surface area contributed by atoms with Gasteiger partial charge in [0.25, 0.3) is 0 Å². The molecule has 0 aliphatic heterocycles. The third-order valence-corrected chi connectivity index (χ3v) is 1.65. The molecule has 1 aromatic rings. The van der Waals surface area contributed by atoms with E-state index in [2.05, 4.69) is 20.9 Å². The van der Waals surface area contributed by atoms with Gasteiger partial charge in [-0.1, -0.05) is 5.21 Å². The van der Waals surface area contributed by atoms with Crippen LogP contribution in [0.2, 0.25) is 0 Å². The van der Waals surface area contributed by atoms with Crippen molar-refractivity contribution in [1.82, 2.24) is 25.6 Å². The van der Waals surface area contributed by atoms with Gasteiger partial charge in [0.2, 0.25) is 5.91 Å². The average molecular weight is 197 g/mol. The monoisotopic (exact) mass is 197 g/mol. The maximum absolute atomic E-state index is 11.0. The second-order valence-corrected chi connectivity index (χ2v) is 2.80. The van der Waals surface area contributed by atoms with Crippen LogP contribution in [0.15, 0.2) is 12.4 Å². The Morgan fingerprint density at radius 2 is 2.43 bits per heavy atom. The van der Waals surface area contributed by atoms with Crippen LogP contribution in [0, 0.1) is 0 Å². The zero-order valence-electron chi connectivity index (χ0n) is 8.23. The molecule has 0 aliphatic rings. The standard InChI is InChI=1S/C8H15N5O/c1-2-10-8(14)7-9-3-5-13-6-4-11-12-13/h4,6,9H,2-3,5,7H2,1H3,(H,10,14). The zero-order valence-corrected chi connectivity index (χ0v) is 8.23. The number of aromatic nitrogens is 3. The van der Waals surface area contributed by atoms with Gasteiger partial charge in [0.15, 0.2) is 0 Å². The minimum absolute atomic E-state index is 0.0195. The number of nitrogens with one attached hydrogen (secondary N) is 2. The fraction of sp³-hybridized carbons (Fsp3) is 0.625. The molecule has 0 saturated carbocycles. The van der Waals surface area contributed by atoms with Crippen molar-refractivity contribution in [3.05, 3.63) is 12.4 Å². The van der Waals surface area contributed by atoms with Crippen molar-refractivity contribution in [3.63, 3.8) is 0 Å². The number of carbonyl (C=O) groups is 1. The van der Waals surface area contributed by atoms with Crippen LogP contribution in [0.4, 0.5) is 0 Å². The highest BCUT2D eigenvalue weighted by Crippen LogP contribution is 1.78. The van der Waals surface area contributed by atoms with Crippen molar-refractivity contribution in [3.8, 4) is 0 Å².